The average Bonchev–Trinajstić information content (AvgIpc) is 2.17. The summed E-state index contributed by atoms with van der Waals surface area (Å²) in [4.78, 5) is 25.9. The molecule has 80 valence electrons. The molecule has 0 saturated carbocycles. The number of aldehydes is 1. The third-order valence-electron chi connectivity index (χ3n) is 1.85. The van der Waals surface area contributed by atoms with Gasteiger partial charge in [0.05, 0.1) is 11.3 Å². The zero-order valence-corrected chi connectivity index (χ0v) is 8.86. The van der Waals surface area contributed by atoms with Gasteiger partial charge in [0.2, 0.25) is 5.91 Å². The highest BCUT2D eigenvalue weighted by Crippen LogP contribution is 2.12. The van der Waals surface area contributed by atoms with Crippen molar-refractivity contribution in [1.29, 1.82) is 0 Å². The van der Waals surface area contributed by atoms with Crippen LogP contribution in [0.5, 0.6) is 0 Å². The van der Waals surface area contributed by atoms with Gasteiger partial charge < -0.3 is 5.32 Å². The molecule has 0 aliphatic heterocycles. The minimum atomic E-state index is -0.0840. The number of nitrogens with zero attached hydrogens (tertiary/aromatic N) is 1. The number of hydrogen-bond donors (Lipinski definition) is 1. The molecule has 0 radical (unpaired) electrons. The number of aromatic nitrogens is 1. The zero-order valence-electron chi connectivity index (χ0n) is 8.86. The molecule has 0 aromatic carbocycles. The van der Waals surface area contributed by atoms with Crippen LogP contribution in [0.1, 0.15) is 30.6 Å². The molecule has 1 heterocycles. The number of rotatable bonds is 4. The smallest absolute Gasteiger partial charge is 0.224 e. The molecular formula is C11H14N2O2. The highest BCUT2D eigenvalue weighted by Gasteiger charge is 2.07. The third-order valence-corrected chi connectivity index (χ3v) is 1.85. The Morgan fingerprint density at radius 3 is 2.93 bits per heavy atom. The lowest BCUT2D eigenvalue weighted by atomic mass is 10.1. The predicted octanol–water partition coefficient (Wildman–Crippen LogP) is 1.88. The largest absolute Gasteiger partial charge is 0.325 e. The van der Waals surface area contributed by atoms with Crippen molar-refractivity contribution in [3.05, 3.63) is 24.0 Å². The van der Waals surface area contributed by atoms with Crippen LogP contribution < -0.4 is 5.32 Å². The predicted molar refractivity (Wildman–Crippen MR) is 57.7 cm³/mol. The summed E-state index contributed by atoms with van der Waals surface area (Å²) in [5.74, 6) is 0.214. The van der Waals surface area contributed by atoms with E-state index in [9.17, 15) is 9.59 Å². The van der Waals surface area contributed by atoms with E-state index in [2.05, 4.69) is 10.3 Å². The Bertz CT molecular complexity index is 361. The molecule has 1 rings (SSSR count). The molecule has 0 atom stereocenters. The van der Waals surface area contributed by atoms with E-state index in [1.165, 1.54) is 12.4 Å². The van der Waals surface area contributed by atoms with E-state index in [1.54, 1.807) is 6.07 Å². The lowest BCUT2D eigenvalue weighted by Crippen LogP contribution is -2.15. The summed E-state index contributed by atoms with van der Waals surface area (Å²) in [6.45, 7) is 3.93. The van der Waals surface area contributed by atoms with Crippen molar-refractivity contribution in [1.82, 2.24) is 4.98 Å². The van der Waals surface area contributed by atoms with Crippen LogP contribution in [0, 0.1) is 5.92 Å². The molecule has 4 nitrogen and oxygen atoms in total. The first-order valence-corrected chi connectivity index (χ1v) is 4.82. The van der Waals surface area contributed by atoms with E-state index < -0.39 is 0 Å². The van der Waals surface area contributed by atoms with Crippen molar-refractivity contribution in [3.63, 3.8) is 0 Å². The number of nitrogens with one attached hydrogen (secondary N) is 1. The van der Waals surface area contributed by atoms with Crippen LogP contribution in [0.2, 0.25) is 0 Å². The highest BCUT2D eigenvalue weighted by atomic mass is 16.1. The van der Waals surface area contributed by atoms with Gasteiger partial charge >= 0.3 is 0 Å². The van der Waals surface area contributed by atoms with Gasteiger partial charge in [-0.1, -0.05) is 13.8 Å². The van der Waals surface area contributed by atoms with Gasteiger partial charge in [0, 0.05) is 18.8 Å². The Hall–Kier alpha value is -1.71. The number of carbonyl (C=O) groups is 2. The fourth-order valence-electron chi connectivity index (χ4n) is 1.19. The van der Waals surface area contributed by atoms with E-state index in [4.69, 9.17) is 0 Å². The average molecular weight is 206 g/mol. The van der Waals surface area contributed by atoms with Gasteiger partial charge in [0.15, 0.2) is 6.29 Å². The zero-order chi connectivity index (χ0) is 11.3. The molecule has 4 heteroatoms. The highest BCUT2D eigenvalue weighted by molar-refractivity contribution is 5.96. The number of anilines is 1. The van der Waals surface area contributed by atoms with Crippen molar-refractivity contribution in [2.24, 2.45) is 5.92 Å². The molecule has 0 fully saturated rings. The molecule has 1 aromatic rings. The normalized spacial score (nSPS) is 10.1. The summed E-state index contributed by atoms with van der Waals surface area (Å²) < 4.78 is 0. The van der Waals surface area contributed by atoms with Crippen LogP contribution in [0.4, 0.5) is 5.69 Å². The van der Waals surface area contributed by atoms with Crippen LogP contribution in [0.3, 0.4) is 0 Å². The van der Waals surface area contributed by atoms with E-state index >= 15 is 0 Å². The summed E-state index contributed by atoms with van der Waals surface area (Å²) in [6.07, 6.45) is 4.09. The Morgan fingerprint density at radius 2 is 2.33 bits per heavy atom. The lowest BCUT2D eigenvalue weighted by molar-refractivity contribution is -0.116. The summed E-state index contributed by atoms with van der Waals surface area (Å²) in [7, 11) is 0. The van der Waals surface area contributed by atoms with E-state index in [-0.39, 0.29) is 5.91 Å². The first kappa shape index (κ1) is 11.4. The second kappa shape index (κ2) is 5.24. The molecule has 0 unspecified atom stereocenters. The second-order valence-electron chi connectivity index (χ2n) is 3.73. The molecule has 1 N–H and O–H groups in total. The molecule has 1 amide bonds. The minimum Gasteiger partial charge on any atom is -0.325 e. The van der Waals surface area contributed by atoms with Gasteiger partial charge in [0.25, 0.3) is 0 Å². The van der Waals surface area contributed by atoms with Gasteiger partial charge in [-0.2, -0.15) is 0 Å². The van der Waals surface area contributed by atoms with Crippen LogP contribution in [0.15, 0.2) is 18.5 Å². The SMILES string of the molecule is CC(C)CC(=O)Nc1ccncc1C=O. The van der Waals surface area contributed by atoms with E-state index in [1.807, 2.05) is 13.8 Å². The lowest BCUT2D eigenvalue weighted by Gasteiger charge is -2.08. The fraction of sp³-hybridized carbons (Fsp3) is 0.364. The Labute approximate surface area is 88.7 Å². The van der Waals surface area contributed by atoms with Gasteiger partial charge in [-0.3, -0.25) is 14.6 Å². The van der Waals surface area contributed by atoms with Gasteiger partial charge in [0.1, 0.15) is 0 Å². The number of pyridine rings is 1. The van der Waals surface area contributed by atoms with Crippen molar-refractivity contribution in [3.8, 4) is 0 Å². The molecule has 0 saturated heterocycles. The monoisotopic (exact) mass is 206 g/mol. The maximum Gasteiger partial charge on any atom is 0.224 e. The van der Waals surface area contributed by atoms with Gasteiger partial charge in [-0.15, -0.1) is 0 Å². The van der Waals surface area contributed by atoms with Gasteiger partial charge in [-0.25, -0.2) is 0 Å². The Balaban J connectivity index is 2.71. The third kappa shape index (κ3) is 3.50. The molecular weight excluding hydrogens is 192 g/mol. The summed E-state index contributed by atoms with van der Waals surface area (Å²) in [5, 5.41) is 2.68. The van der Waals surface area contributed by atoms with Gasteiger partial charge in [-0.05, 0) is 12.0 Å². The minimum absolute atomic E-state index is 0.0840. The first-order chi connectivity index (χ1) is 7.13. The number of carbonyl (C=O) groups excluding carboxylic acids is 2. The quantitative estimate of drug-likeness (QED) is 0.765. The van der Waals surface area contributed by atoms with Crippen LogP contribution in [-0.2, 0) is 4.79 Å². The summed E-state index contributed by atoms with van der Waals surface area (Å²) >= 11 is 0. The Kier molecular flexibility index (Phi) is 3.97. The molecule has 0 aliphatic rings. The summed E-state index contributed by atoms with van der Waals surface area (Å²) in [5.41, 5.74) is 0.917. The molecule has 0 spiro atoms. The Morgan fingerprint density at radius 1 is 1.60 bits per heavy atom. The van der Waals surface area contributed by atoms with E-state index in [0.29, 0.717) is 29.9 Å². The van der Waals surface area contributed by atoms with Crippen LogP contribution in [-0.4, -0.2) is 17.2 Å². The van der Waals surface area contributed by atoms with Crippen LogP contribution in [0.25, 0.3) is 0 Å². The molecule has 0 bridgehead atoms. The number of hydrogen-bond acceptors (Lipinski definition) is 3. The molecule has 1 aromatic heterocycles. The van der Waals surface area contributed by atoms with Crippen molar-refractivity contribution < 1.29 is 9.59 Å². The first-order valence-electron chi connectivity index (χ1n) is 4.82. The number of amides is 1. The maximum atomic E-state index is 11.4. The molecule has 0 aliphatic carbocycles. The fourth-order valence-corrected chi connectivity index (χ4v) is 1.19. The second-order valence-corrected chi connectivity index (χ2v) is 3.73. The van der Waals surface area contributed by atoms with Crippen molar-refractivity contribution >= 4 is 17.9 Å². The summed E-state index contributed by atoms with van der Waals surface area (Å²) in [6, 6.07) is 1.61. The van der Waals surface area contributed by atoms with Crippen molar-refractivity contribution in [2.75, 3.05) is 5.32 Å². The molecule has 15 heavy (non-hydrogen) atoms. The van der Waals surface area contributed by atoms with Crippen LogP contribution >= 0.6 is 0 Å². The standard InChI is InChI=1S/C11H14N2O2/c1-8(2)5-11(15)13-10-3-4-12-6-9(10)7-14/h3-4,6-8H,5H2,1-2H3,(H,12,13,15). The van der Waals surface area contributed by atoms with E-state index in [0.717, 1.165) is 0 Å². The maximum absolute atomic E-state index is 11.4. The topological polar surface area (TPSA) is 59.1 Å². The van der Waals surface area contributed by atoms with Crippen molar-refractivity contribution in [2.45, 2.75) is 20.3 Å².